The van der Waals surface area contributed by atoms with Crippen LogP contribution in [-0.4, -0.2) is 24.0 Å². The number of likely N-dealkylation sites (tertiary alicyclic amines) is 1. The standard InChI is InChI=1S/C16H31N/c1-3-5-6-7-8-9-10-13-16(4-2)17-14-11-12-15-17/h3,16H,1,4-15H2,2H3. The highest BCUT2D eigenvalue weighted by molar-refractivity contribution is 4.75. The molecule has 100 valence electrons. The lowest BCUT2D eigenvalue weighted by Crippen LogP contribution is -2.31. The van der Waals surface area contributed by atoms with E-state index in [9.17, 15) is 0 Å². The molecule has 1 heteroatoms. The molecule has 1 aliphatic heterocycles. The molecule has 0 aromatic rings. The Kier molecular flexibility index (Phi) is 8.42. The first-order valence-electron chi connectivity index (χ1n) is 7.73. The van der Waals surface area contributed by atoms with Gasteiger partial charge in [-0.25, -0.2) is 0 Å². The molecule has 0 aliphatic carbocycles. The summed E-state index contributed by atoms with van der Waals surface area (Å²) in [4.78, 5) is 2.72. The van der Waals surface area contributed by atoms with E-state index in [1.165, 1.54) is 77.3 Å². The number of allylic oxidation sites excluding steroid dienone is 1. The van der Waals surface area contributed by atoms with Crippen molar-refractivity contribution >= 4 is 0 Å². The number of unbranched alkanes of at least 4 members (excludes halogenated alkanes) is 5. The Morgan fingerprint density at radius 2 is 1.71 bits per heavy atom. The van der Waals surface area contributed by atoms with Crippen LogP contribution in [0.1, 0.15) is 71.1 Å². The molecule has 0 saturated carbocycles. The summed E-state index contributed by atoms with van der Waals surface area (Å²) in [5, 5.41) is 0. The average Bonchev–Trinajstić information content (AvgIpc) is 2.86. The van der Waals surface area contributed by atoms with Crippen LogP contribution in [0, 0.1) is 0 Å². The largest absolute Gasteiger partial charge is 0.300 e. The lowest BCUT2D eigenvalue weighted by atomic mass is 10.0. The molecular weight excluding hydrogens is 206 g/mol. The fourth-order valence-corrected chi connectivity index (χ4v) is 2.95. The highest BCUT2D eigenvalue weighted by Crippen LogP contribution is 2.19. The molecule has 0 aromatic heterocycles. The average molecular weight is 237 g/mol. The van der Waals surface area contributed by atoms with Crippen LogP contribution in [0.2, 0.25) is 0 Å². The highest BCUT2D eigenvalue weighted by Gasteiger charge is 2.19. The molecule has 1 heterocycles. The van der Waals surface area contributed by atoms with Gasteiger partial charge < -0.3 is 4.90 Å². The first kappa shape index (κ1) is 14.8. The summed E-state index contributed by atoms with van der Waals surface area (Å²) in [5.41, 5.74) is 0. The van der Waals surface area contributed by atoms with Gasteiger partial charge in [0, 0.05) is 6.04 Å². The van der Waals surface area contributed by atoms with Gasteiger partial charge in [0.05, 0.1) is 0 Å². The Morgan fingerprint density at radius 3 is 2.35 bits per heavy atom. The SMILES string of the molecule is C=CCCCCCCCC(CC)N1CCCC1. The predicted octanol–water partition coefficient (Wildman–Crippen LogP) is 4.78. The maximum absolute atomic E-state index is 3.77. The fourth-order valence-electron chi connectivity index (χ4n) is 2.95. The van der Waals surface area contributed by atoms with Crippen molar-refractivity contribution in [1.29, 1.82) is 0 Å². The van der Waals surface area contributed by atoms with Gasteiger partial charge in [-0.1, -0.05) is 38.7 Å². The zero-order chi connectivity index (χ0) is 12.3. The maximum atomic E-state index is 3.77. The van der Waals surface area contributed by atoms with E-state index in [1.807, 2.05) is 6.08 Å². The van der Waals surface area contributed by atoms with Crippen molar-refractivity contribution in [2.75, 3.05) is 13.1 Å². The van der Waals surface area contributed by atoms with E-state index < -0.39 is 0 Å². The highest BCUT2D eigenvalue weighted by atomic mass is 15.2. The van der Waals surface area contributed by atoms with Crippen molar-refractivity contribution in [3.05, 3.63) is 12.7 Å². The first-order valence-corrected chi connectivity index (χ1v) is 7.73. The van der Waals surface area contributed by atoms with E-state index in [2.05, 4.69) is 18.4 Å². The minimum absolute atomic E-state index is 0.880. The van der Waals surface area contributed by atoms with Crippen LogP contribution in [0.5, 0.6) is 0 Å². The molecule has 1 rings (SSSR count). The summed E-state index contributed by atoms with van der Waals surface area (Å²) in [5.74, 6) is 0. The van der Waals surface area contributed by atoms with Crippen LogP contribution in [0.15, 0.2) is 12.7 Å². The van der Waals surface area contributed by atoms with Crippen LogP contribution >= 0.6 is 0 Å². The van der Waals surface area contributed by atoms with Gasteiger partial charge in [-0.3, -0.25) is 0 Å². The third kappa shape index (κ3) is 6.26. The molecule has 0 spiro atoms. The van der Waals surface area contributed by atoms with Crippen LogP contribution in [0.3, 0.4) is 0 Å². The quantitative estimate of drug-likeness (QED) is 0.390. The van der Waals surface area contributed by atoms with Gasteiger partial charge in [-0.05, 0) is 51.6 Å². The minimum Gasteiger partial charge on any atom is -0.300 e. The summed E-state index contributed by atoms with van der Waals surface area (Å²) < 4.78 is 0. The van der Waals surface area contributed by atoms with Gasteiger partial charge in [-0.15, -0.1) is 6.58 Å². The Bertz CT molecular complexity index is 182. The summed E-state index contributed by atoms with van der Waals surface area (Å²) in [6.45, 7) is 8.84. The van der Waals surface area contributed by atoms with Crippen LogP contribution in [0.25, 0.3) is 0 Å². The van der Waals surface area contributed by atoms with Gasteiger partial charge in [0.25, 0.3) is 0 Å². The van der Waals surface area contributed by atoms with E-state index in [0.29, 0.717) is 0 Å². The van der Waals surface area contributed by atoms with Gasteiger partial charge in [-0.2, -0.15) is 0 Å². The van der Waals surface area contributed by atoms with Crippen LogP contribution in [-0.2, 0) is 0 Å². The van der Waals surface area contributed by atoms with Crippen molar-refractivity contribution in [2.45, 2.75) is 77.2 Å². The number of hydrogen-bond acceptors (Lipinski definition) is 1. The smallest absolute Gasteiger partial charge is 0.00926 e. The number of nitrogens with zero attached hydrogens (tertiary/aromatic N) is 1. The molecule has 0 aromatic carbocycles. The minimum atomic E-state index is 0.880. The summed E-state index contributed by atoms with van der Waals surface area (Å²) >= 11 is 0. The van der Waals surface area contributed by atoms with Gasteiger partial charge in [0.2, 0.25) is 0 Å². The summed E-state index contributed by atoms with van der Waals surface area (Å²) in [6, 6.07) is 0.880. The lowest BCUT2D eigenvalue weighted by molar-refractivity contribution is 0.219. The normalized spacial score (nSPS) is 18.4. The van der Waals surface area contributed by atoms with Crippen molar-refractivity contribution in [3.63, 3.8) is 0 Å². The van der Waals surface area contributed by atoms with E-state index in [4.69, 9.17) is 0 Å². The molecule has 0 N–H and O–H groups in total. The van der Waals surface area contributed by atoms with Crippen molar-refractivity contribution in [2.24, 2.45) is 0 Å². The second-order valence-corrected chi connectivity index (χ2v) is 5.44. The van der Waals surface area contributed by atoms with Crippen LogP contribution in [0.4, 0.5) is 0 Å². The Morgan fingerprint density at radius 1 is 1.06 bits per heavy atom. The zero-order valence-corrected chi connectivity index (χ0v) is 11.8. The molecule has 0 radical (unpaired) electrons. The van der Waals surface area contributed by atoms with E-state index in [-0.39, 0.29) is 0 Å². The number of rotatable bonds is 10. The molecule has 1 saturated heterocycles. The monoisotopic (exact) mass is 237 g/mol. The Hall–Kier alpha value is -0.300. The Balaban J connectivity index is 1.97. The molecule has 0 amide bonds. The van der Waals surface area contributed by atoms with E-state index in [1.54, 1.807) is 0 Å². The third-order valence-corrected chi connectivity index (χ3v) is 4.07. The van der Waals surface area contributed by atoms with E-state index >= 15 is 0 Å². The molecule has 1 fully saturated rings. The van der Waals surface area contributed by atoms with Crippen molar-refractivity contribution < 1.29 is 0 Å². The molecule has 1 nitrogen and oxygen atoms in total. The lowest BCUT2D eigenvalue weighted by Gasteiger charge is -2.26. The fraction of sp³-hybridized carbons (Fsp3) is 0.875. The summed E-state index contributed by atoms with van der Waals surface area (Å²) in [6.07, 6.45) is 15.9. The van der Waals surface area contributed by atoms with Gasteiger partial charge >= 0.3 is 0 Å². The maximum Gasteiger partial charge on any atom is 0.00926 e. The topological polar surface area (TPSA) is 3.24 Å². The molecule has 0 bridgehead atoms. The first-order chi connectivity index (χ1) is 8.38. The number of hydrogen-bond donors (Lipinski definition) is 0. The molecule has 1 atom stereocenters. The summed E-state index contributed by atoms with van der Waals surface area (Å²) in [7, 11) is 0. The molecular formula is C16H31N. The second kappa shape index (κ2) is 9.70. The Labute approximate surface area is 108 Å². The molecule has 1 aliphatic rings. The van der Waals surface area contributed by atoms with E-state index in [0.717, 1.165) is 6.04 Å². The second-order valence-electron chi connectivity index (χ2n) is 5.44. The zero-order valence-electron chi connectivity index (χ0n) is 11.8. The molecule has 17 heavy (non-hydrogen) atoms. The van der Waals surface area contributed by atoms with Crippen molar-refractivity contribution in [1.82, 2.24) is 4.90 Å². The van der Waals surface area contributed by atoms with Crippen LogP contribution < -0.4 is 0 Å². The predicted molar refractivity (Wildman–Crippen MR) is 77.4 cm³/mol. The third-order valence-electron chi connectivity index (χ3n) is 4.07. The van der Waals surface area contributed by atoms with Gasteiger partial charge in [0.1, 0.15) is 0 Å². The van der Waals surface area contributed by atoms with Crippen molar-refractivity contribution in [3.8, 4) is 0 Å². The molecule has 1 unspecified atom stereocenters. The van der Waals surface area contributed by atoms with Gasteiger partial charge in [0.15, 0.2) is 0 Å².